The zero-order valence-corrected chi connectivity index (χ0v) is 21.4. The van der Waals surface area contributed by atoms with Gasteiger partial charge in [-0.25, -0.2) is 0 Å². The number of carbonyl (C=O) groups is 1. The van der Waals surface area contributed by atoms with E-state index in [1.54, 1.807) is 0 Å². The van der Waals surface area contributed by atoms with Gasteiger partial charge in [0.1, 0.15) is 0 Å². The molecule has 0 saturated heterocycles. The number of nitrogens with zero attached hydrogens (tertiary/aromatic N) is 1. The number of hydrogen-bond donors (Lipinski definition) is 1. The number of allylic oxidation sites excluding steroid dienone is 2. The standard InChI is InChI=1S/C28H55NO2/c1-4-5-6-7-15-18-21-24-27(29(2)3)25-22-19-16-13-11-9-8-10-12-14-17-20-23-26-28(30)31/h10,12,27H,4-9,11,13-26H2,1-3H3,(H,30,31). The molecule has 3 heteroatoms. The van der Waals surface area contributed by atoms with E-state index in [9.17, 15) is 4.79 Å². The molecule has 184 valence electrons. The lowest BCUT2D eigenvalue weighted by Gasteiger charge is -2.24. The summed E-state index contributed by atoms with van der Waals surface area (Å²) in [6, 6.07) is 0.782. The quantitative estimate of drug-likeness (QED) is 0.121. The monoisotopic (exact) mass is 437 g/mol. The smallest absolute Gasteiger partial charge is 0.303 e. The van der Waals surface area contributed by atoms with Crippen LogP contribution in [0.1, 0.15) is 142 Å². The lowest BCUT2D eigenvalue weighted by atomic mass is 9.99. The first-order valence-electron chi connectivity index (χ1n) is 13.6. The molecule has 0 aromatic heterocycles. The normalized spacial score (nSPS) is 12.8. The molecule has 0 aromatic carbocycles. The fourth-order valence-electron chi connectivity index (χ4n) is 4.30. The molecular weight excluding hydrogens is 382 g/mol. The van der Waals surface area contributed by atoms with Crippen LogP contribution in [0.3, 0.4) is 0 Å². The molecule has 0 bridgehead atoms. The van der Waals surface area contributed by atoms with E-state index >= 15 is 0 Å². The van der Waals surface area contributed by atoms with Crippen molar-refractivity contribution in [2.24, 2.45) is 0 Å². The fourth-order valence-corrected chi connectivity index (χ4v) is 4.30. The van der Waals surface area contributed by atoms with Crippen molar-refractivity contribution in [1.82, 2.24) is 4.90 Å². The molecule has 0 fully saturated rings. The third-order valence-electron chi connectivity index (χ3n) is 6.46. The van der Waals surface area contributed by atoms with Crippen molar-refractivity contribution in [2.45, 2.75) is 148 Å². The molecule has 0 aliphatic heterocycles. The number of rotatable bonds is 24. The summed E-state index contributed by atoms with van der Waals surface area (Å²) in [6.07, 6.45) is 31.1. The summed E-state index contributed by atoms with van der Waals surface area (Å²) in [5, 5.41) is 8.60. The second-order valence-electron chi connectivity index (χ2n) is 9.69. The molecule has 0 rings (SSSR count). The van der Waals surface area contributed by atoms with E-state index in [2.05, 4.69) is 38.1 Å². The third kappa shape index (κ3) is 23.7. The first-order valence-corrected chi connectivity index (χ1v) is 13.6. The minimum atomic E-state index is -0.670. The number of hydrogen-bond acceptors (Lipinski definition) is 2. The van der Waals surface area contributed by atoms with Crippen LogP contribution in [-0.2, 0) is 4.79 Å². The maximum Gasteiger partial charge on any atom is 0.303 e. The minimum absolute atomic E-state index is 0.318. The second kappa shape index (κ2) is 23.8. The molecule has 0 amide bonds. The van der Waals surface area contributed by atoms with Gasteiger partial charge in [-0.15, -0.1) is 0 Å². The van der Waals surface area contributed by atoms with Crippen LogP contribution in [-0.4, -0.2) is 36.1 Å². The van der Waals surface area contributed by atoms with Crippen LogP contribution in [0.25, 0.3) is 0 Å². The summed E-state index contributed by atoms with van der Waals surface area (Å²) in [5.74, 6) is -0.670. The fraction of sp³-hybridized carbons (Fsp3) is 0.893. The van der Waals surface area contributed by atoms with Crippen molar-refractivity contribution < 1.29 is 9.90 Å². The topological polar surface area (TPSA) is 40.5 Å². The summed E-state index contributed by atoms with van der Waals surface area (Å²) in [7, 11) is 4.52. The number of carboxylic acids is 1. The first kappa shape index (κ1) is 30.2. The van der Waals surface area contributed by atoms with Gasteiger partial charge in [0, 0.05) is 12.5 Å². The van der Waals surface area contributed by atoms with Crippen molar-refractivity contribution in [3.63, 3.8) is 0 Å². The van der Waals surface area contributed by atoms with Gasteiger partial charge < -0.3 is 10.0 Å². The van der Waals surface area contributed by atoms with E-state index in [4.69, 9.17) is 5.11 Å². The molecule has 0 spiro atoms. The SMILES string of the molecule is CCCCCCCCCC(CCCCCCCCC=CCCCCCC(=O)O)N(C)C. The van der Waals surface area contributed by atoms with Gasteiger partial charge in [-0.2, -0.15) is 0 Å². The lowest BCUT2D eigenvalue weighted by Crippen LogP contribution is -2.27. The average Bonchev–Trinajstić information content (AvgIpc) is 2.73. The van der Waals surface area contributed by atoms with Crippen LogP contribution >= 0.6 is 0 Å². The zero-order valence-electron chi connectivity index (χ0n) is 21.4. The maximum atomic E-state index is 10.4. The van der Waals surface area contributed by atoms with E-state index in [0.717, 1.165) is 31.7 Å². The Kier molecular flexibility index (Phi) is 23.2. The number of carboxylic acid groups (broad SMARTS) is 1. The van der Waals surface area contributed by atoms with E-state index in [0.29, 0.717) is 6.42 Å². The number of aliphatic carboxylic acids is 1. The lowest BCUT2D eigenvalue weighted by molar-refractivity contribution is -0.137. The Hall–Kier alpha value is -0.830. The maximum absolute atomic E-state index is 10.4. The van der Waals surface area contributed by atoms with Gasteiger partial charge in [0.15, 0.2) is 0 Å². The Morgan fingerprint density at radius 1 is 0.677 bits per heavy atom. The van der Waals surface area contributed by atoms with Crippen LogP contribution in [0.15, 0.2) is 12.2 Å². The van der Waals surface area contributed by atoms with Gasteiger partial charge in [0.05, 0.1) is 0 Å². The molecule has 31 heavy (non-hydrogen) atoms. The van der Waals surface area contributed by atoms with E-state index in [1.165, 1.54) is 103 Å². The summed E-state index contributed by atoms with van der Waals surface area (Å²) < 4.78 is 0. The van der Waals surface area contributed by atoms with Gasteiger partial charge in [0.25, 0.3) is 0 Å². The molecule has 1 N–H and O–H groups in total. The molecule has 1 unspecified atom stereocenters. The minimum Gasteiger partial charge on any atom is -0.481 e. The van der Waals surface area contributed by atoms with Crippen molar-refractivity contribution >= 4 is 5.97 Å². The summed E-state index contributed by atoms with van der Waals surface area (Å²) >= 11 is 0. The molecule has 0 saturated carbocycles. The van der Waals surface area contributed by atoms with E-state index in [1.807, 2.05) is 0 Å². The summed E-state index contributed by atoms with van der Waals surface area (Å²) in [4.78, 5) is 12.9. The molecule has 0 aliphatic carbocycles. The Bertz CT molecular complexity index is 406. The molecular formula is C28H55NO2. The van der Waals surface area contributed by atoms with Crippen LogP contribution < -0.4 is 0 Å². The molecule has 0 aromatic rings. The number of unbranched alkanes of at least 4 members (excludes halogenated alkanes) is 15. The highest BCUT2D eigenvalue weighted by Gasteiger charge is 2.10. The van der Waals surface area contributed by atoms with Gasteiger partial charge in [-0.05, 0) is 59.0 Å². The van der Waals surface area contributed by atoms with E-state index in [-0.39, 0.29) is 0 Å². The largest absolute Gasteiger partial charge is 0.481 e. The second-order valence-corrected chi connectivity index (χ2v) is 9.69. The average molecular weight is 438 g/mol. The van der Waals surface area contributed by atoms with Crippen molar-refractivity contribution in [3.8, 4) is 0 Å². The third-order valence-corrected chi connectivity index (χ3v) is 6.46. The Labute approximate surface area is 195 Å². The Morgan fingerprint density at radius 3 is 1.55 bits per heavy atom. The highest BCUT2D eigenvalue weighted by atomic mass is 16.4. The van der Waals surface area contributed by atoms with Crippen LogP contribution in [0, 0.1) is 0 Å². The molecule has 0 radical (unpaired) electrons. The zero-order chi connectivity index (χ0) is 23.0. The van der Waals surface area contributed by atoms with Gasteiger partial charge >= 0.3 is 5.97 Å². The van der Waals surface area contributed by atoms with Crippen LogP contribution in [0.5, 0.6) is 0 Å². The van der Waals surface area contributed by atoms with Gasteiger partial charge in [0.2, 0.25) is 0 Å². The highest BCUT2D eigenvalue weighted by molar-refractivity contribution is 5.66. The predicted octanol–water partition coefficient (Wildman–Crippen LogP) is 8.77. The summed E-state index contributed by atoms with van der Waals surface area (Å²) in [6.45, 7) is 2.29. The molecule has 1 atom stereocenters. The highest BCUT2D eigenvalue weighted by Crippen LogP contribution is 2.17. The van der Waals surface area contributed by atoms with E-state index < -0.39 is 5.97 Å². The van der Waals surface area contributed by atoms with Gasteiger partial charge in [-0.3, -0.25) is 4.79 Å². The van der Waals surface area contributed by atoms with Crippen LogP contribution in [0.4, 0.5) is 0 Å². The van der Waals surface area contributed by atoms with Crippen molar-refractivity contribution in [3.05, 3.63) is 12.2 Å². The van der Waals surface area contributed by atoms with Crippen molar-refractivity contribution in [2.75, 3.05) is 14.1 Å². The van der Waals surface area contributed by atoms with Gasteiger partial charge in [-0.1, -0.05) is 103 Å². The molecule has 0 aliphatic rings. The first-order chi connectivity index (χ1) is 15.1. The Morgan fingerprint density at radius 2 is 1.10 bits per heavy atom. The molecule has 0 heterocycles. The predicted molar refractivity (Wildman–Crippen MR) is 137 cm³/mol. The van der Waals surface area contributed by atoms with Crippen molar-refractivity contribution in [1.29, 1.82) is 0 Å². The Balaban J connectivity index is 3.45. The summed E-state index contributed by atoms with van der Waals surface area (Å²) in [5.41, 5.74) is 0. The van der Waals surface area contributed by atoms with Crippen LogP contribution in [0.2, 0.25) is 0 Å². The molecule has 3 nitrogen and oxygen atoms in total.